The van der Waals surface area contributed by atoms with Crippen molar-refractivity contribution in [3.63, 3.8) is 0 Å². The second-order valence-corrected chi connectivity index (χ2v) is 6.65. The molecule has 0 bridgehead atoms. The standard InChI is InChI=1S/C21H23NO3/c23-15-19-6-3-13-22(19)21(25)12-11-20(24)10-8-16-7-9-17-4-1-2-5-18(17)14-16/h1-2,4-5,7,9,14-15,19H,3,6,8,10-13H2/t19-/m0/s1. The van der Waals surface area contributed by atoms with Crippen LogP contribution in [0.15, 0.2) is 42.5 Å². The van der Waals surface area contributed by atoms with Crippen LogP contribution in [-0.2, 0) is 20.8 Å². The monoisotopic (exact) mass is 337 g/mol. The lowest BCUT2D eigenvalue weighted by Gasteiger charge is -2.20. The molecule has 1 saturated heterocycles. The number of hydrogen-bond donors (Lipinski definition) is 0. The van der Waals surface area contributed by atoms with Gasteiger partial charge in [0.1, 0.15) is 12.1 Å². The predicted octanol–water partition coefficient (Wildman–Crippen LogP) is 3.31. The van der Waals surface area contributed by atoms with Crippen LogP contribution in [0.3, 0.4) is 0 Å². The molecule has 0 aromatic heterocycles. The number of aryl methyl sites for hydroxylation is 1. The quantitative estimate of drug-likeness (QED) is 0.728. The molecule has 25 heavy (non-hydrogen) atoms. The molecule has 2 aromatic rings. The van der Waals surface area contributed by atoms with Gasteiger partial charge in [-0.25, -0.2) is 0 Å². The summed E-state index contributed by atoms with van der Waals surface area (Å²) in [5, 5.41) is 2.37. The first kappa shape index (κ1) is 17.3. The highest BCUT2D eigenvalue weighted by molar-refractivity contribution is 5.87. The fraction of sp³-hybridized carbons (Fsp3) is 0.381. The summed E-state index contributed by atoms with van der Waals surface area (Å²) in [5.41, 5.74) is 1.14. The number of nitrogens with zero attached hydrogens (tertiary/aromatic N) is 1. The molecule has 1 amide bonds. The van der Waals surface area contributed by atoms with Crippen LogP contribution in [0, 0.1) is 0 Å². The molecule has 3 rings (SSSR count). The van der Waals surface area contributed by atoms with Crippen molar-refractivity contribution in [2.45, 2.75) is 44.6 Å². The van der Waals surface area contributed by atoms with Gasteiger partial charge < -0.3 is 9.69 Å². The van der Waals surface area contributed by atoms with E-state index in [9.17, 15) is 14.4 Å². The third-order valence-corrected chi connectivity index (χ3v) is 4.90. The Balaban J connectivity index is 1.47. The summed E-state index contributed by atoms with van der Waals surface area (Å²) >= 11 is 0. The van der Waals surface area contributed by atoms with Gasteiger partial charge in [0.2, 0.25) is 5.91 Å². The second-order valence-electron chi connectivity index (χ2n) is 6.65. The number of rotatable bonds is 7. The van der Waals surface area contributed by atoms with Gasteiger partial charge in [0.15, 0.2) is 0 Å². The van der Waals surface area contributed by atoms with E-state index >= 15 is 0 Å². The van der Waals surface area contributed by atoms with E-state index in [1.165, 1.54) is 10.8 Å². The Hall–Kier alpha value is -2.49. The van der Waals surface area contributed by atoms with Crippen LogP contribution in [0.5, 0.6) is 0 Å². The number of ketones is 1. The summed E-state index contributed by atoms with van der Waals surface area (Å²) < 4.78 is 0. The summed E-state index contributed by atoms with van der Waals surface area (Å²) in [7, 11) is 0. The zero-order valence-electron chi connectivity index (χ0n) is 14.3. The molecule has 0 radical (unpaired) electrons. The van der Waals surface area contributed by atoms with Crippen LogP contribution in [-0.4, -0.2) is 35.5 Å². The van der Waals surface area contributed by atoms with Gasteiger partial charge in [-0.3, -0.25) is 9.59 Å². The predicted molar refractivity (Wildman–Crippen MR) is 97.3 cm³/mol. The third-order valence-electron chi connectivity index (χ3n) is 4.90. The highest BCUT2D eigenvalue weighted by Gasteiger charge is 2.27. The van der Waals surface area contributed by atoms with E-state index in [1.807, 2.05) is 12.1 Å². The summed E-state index contributed by atoms with van der Waals surface area (Å²) in [6.45, 7) is 0.632. The zero-order valence-corrected chi connectivity index (χ0v) is 14.3. The van der Waals surface area contributed by atoms with Crippen molar-refractivity contribution in [1.29, 1.82) is 0 Å². The number of fused-ring (bicyclic) bond motifs is 1. The first-order chi connectivity index (χ1) is 12.2. The molecule has 1 atom stereocenters. The minimum absolute atomic E-state index is 0.0753. The van der Waals surface area contributed by atoms with Crippen molar-refractivity contribution in [3.8, 4) is 0 Å². The second kappa shape index (κ2) is 8.06. The van der Waals surface area contributed by atoms with Crippen LogP contribution in [0.4, 0.5) is 0 Å². The van der Waals surface area contributed by atoms with Gasteiger partial charge in [-0.15, -0.1) is 0 Å². The van der Waals surface area contributed by atoms with Crippen LogP contribution in [0.25, 0.3) is 10.8 Å². The maximum Gasteiger partial charge on any atom is 0.223 e. The van der Waals surface area contributed by atoms with Gasteiger partial charge in [0, 0.05) is 25.8 Å². The first-order valence-corrected chi connectivity index (χ1v) is 8.91. The number of benzene rings is 2. The fourth-order valence-corrected chi connectivity index (χ4v) is 3.44. The van der Waals surface area contributed by atoms with Crippen LogP contribution >= 0.6 is 0 Å². The van der Waals surface area contributed by atoms with Crippen molar-refractivity contribution in [2.75, 3.05) is 6.54 Å². The minimum atomic E-state index is -0.291. The molecule has 0 N–H and O–H groups in total. The number of likely N-dealkylation sites (tertiary alicyclic amines) is 1. The van der Waals surface area contributed by atoms with Crippen LogP contribution in [0.1, 0.15) is 37.7 Å². The van der Waals surface area contributed by atoms with Gasteiger partial charge >= 0.3 is 0 Å². The first-order valence-electron chi connectivity index (χ1n) is 8.91. The molecule has 4 nitrogen and oxygen atoms in total. The fourth-order valence-electron chi connectivity index (χ4n) is 3.44. The Morgan fingerprint density at radius 1 is 1.04 bits per heavy atom. The molecule has 4 heteroatoms. The molecular formula is C21H23NO3. The molecule has 130 valence electrons. The number of carbonyl (C=O) groups is 3. The lowest BCUT2D eigenvalue weighted by atomic mass is 10.0. The highest BCUT2D eigenvalue weighted by atomic mass is 16.2. The summed E-state index contributed by atoms with van der Waals surface area (Å²) in [4.78, 5) is 36.8. The smallest absolute Gasteiger partial charge is 0.223 e. The normalized spacial score (nSPS) is 17.0. The lowest BCUT2D eigenvalue weighted by Crippen LogP contribution is -2.36. The van der Waals surface area contributed by atoms with E-state index in [1.54, 1.807) is 4.90 Å². The maximum absolute atomic E-state index is 12.2. The van der Waals surface area contributed by atoms with Crippen molar-refractivity contribution in [1.82, 2.24) is 4.90 Å². The molecule has 1 heterocycles. The van der Waals surface area contributed by atoms with E-state index in [0.29, 0.717) is 19.4 Å². The number of amides is 1. The van der Waals surface area contributed by atoms with Gasteiger partial charge in [0.05, 0.1) is 6.04 Å². The number of carbonyl (C=O) groups excluding carboxylic acids is 3. The molecular weight excluding hydrogens is 314 g/mol. The topological polar surface area (TPSA) is 54.5 Å². The van der Waals surface area contributed by atoms with Gasteiger partial charge in [-0.05, 0) is 35.6 Å². The molecule has 1 aliphatic heterocycles. The summed E-state index contributed by atoms with van der Waals surface area (Å²) in [6, 6.07) is 14.1. The SMILES string of the molecule is O=C[C@@H]1CCCN1C(=O)CCC(=O)CCc1ccc2ccccc2c1. The van der Waals surface area contributed by atoms with Gasteiger partial charge in [-0.1, -0.05) is 42.5 Å². The maximum atomic E-state index is 12.2. The van der Waals surface area contributed by atoms with Crippen molar-refractivity contribution >= 4 is 28.7 Å². The Kier molecular flexibility index (Phi) is 5.59. The van der Waals surface area contributed by atoms with E-state index in [2.05, 4.69) is 30.3 Å². The molecule has 0 aliphatic carbocycles. The van der Waals surface area contributed by atoms with E-state index < -0.39 is 0 Å². The van der Waals surface area contributed by atoms with Crippen LogP contribution < -0.4 is 0 Å². The summed E-state index contributed by atoms with van der Waals surface area (Å²) in [6.07, 6.45) is 4.05. The summed E-state index contributed by atoms with van der Waals surface area (Å²) in [5.74, 6) is 0.0250. The Morgan fingerprint density at radius 3 is 2.64 bits per heavy atom. The van der Waals surface area contributed by atoms with Crippen molar-refractivity contribution in [3.05, 3.63) is 48.0 Å². The van der Waals surface area contributed by atoms with E-state index in [4.69, 9.17) is 0 Å². The number of hydrogen-bond acceptors (Lipinski definition) is 3. The Bertz CT molecular complexity index is 784. The molecule has 1 fully saturated rings. The van der Waals surface area contributed by atoms with Gasteiger partial charge in [0.25, 0.3) is 0 Å². The van der Waals surface area contributed by atoms with Crippen molar-refractivity contribution < 1.29 is 14.4 Å². The van der Waals surface area contributed by atoms with E-state index in [0.717, 1.165) is 24.7 Å². The average molecular weight is 337 g/mol. The van der Waals surface area contributed by atoms with Crippen LogP contribution in [0.2, 0.25) is 0 Å². The molecule has 1 aliphatic rings. The lowest BCUT2D eigenvalue weighted by molar-refractivity contribution is -0.135. The van der Waals surface area contributed by atoms with Gasteiger partial charge in [-0.2, -0.15) is 0 Å². The average Bonchev–Trinajstić information content (AvgIpc) is 3.13. The Labute approximate surface area is 147 Å². The molecule has 0 saturated carbocycles. The largest absolute Gasteiger partial charge is 0.333 e. The molecule has 0 spiro atoms. The third kappa shape index (κ3) is 4.32. The van der Waals surface area contributed by atoms with E-state index in [-0.39, 0.29) is 30.6 Å². The zero-order chi connectivity index (χ0) is 17.6. The highest BCUT2D eigenvalue weighted by Crippen LogP contribution is 2.18. The minimum Gasteiger partial charge on any atom is -0.333 e. The Morgan fingerprint density at radius 2 is 1.84 bits per heavy atom. The molecule has 0 unspecified atom stereocenters. The number of aldehydes is 1. The number of Topliss-reactive ketones (excluding diaryl/α,β-unsaturated/α-hetero) is 1. The van der Waals surface area contributed by atoms with Crippen molar-refractivity contribution in [2.24, 2.45) is 0 Å². The molecule has 2 aromatic carbocycles.